The number of hydrogen-bond donors (Lipinski definition) is 1. The van der Waals surface area contributed by atoms with E-state index in [0.29, 0.717) is 0 Å². The Morgan fingerprint density at radius 1 is 1.25 bits per heavy atom. The zero-order valence-corrected chi connectivity index (χ0v) is 11.3. The largest absolute Gasteiger partial charge is 0.465 e. The Morgan fingerprint density at radius 3 is 2.10 bits per heavy atom. The number of carboxylic acid groups (broad SMARTS) is 1. The molecule has 1 saturated heterocycles. The van der Waals surface area contributed by atoms with Crippen molar-refractivity contribution in [3.63, 3.8) is 0 Å². The molecule has 1 N–H and O–H groups in total. The summed E-state index contributed by atoms with van der Waals surface area (Å²) >= 11 is 0. The molecule has 20 heavy (non-hydrogen) atoms. The van der Waals surface area contributed by atoms with Crippen molar-refractivity contribution >= 4 is 17.7 Å². The number of nitrogens with zero attached hydrogens (tertiary/aromatic N) is 1. The molecule has 2 atom stereocenters. The van der Waals surface area contributed by atoms with Gasteiger partial charge in [0.2, 0.25) is 5.78 Å². The summed E-state index contributed by atoms with van der Waals surface area (Å²) in [5.74, 6) is -4.88. The van der Waals surface area contributed by atoms with Crippen LogP contribution >= 0.6 is 0 Å². The molecule has 0 aromatic carbocycles. The number of piperidine rings is 1. The van der Waals surface area contributed by atoms with E-state index in [1.54, 1.807) is 20.8 Å². The second kappa shape index (κ2) is 5.06. The number of Topliss-reactive ketones (excluding diaryl/α,β-unsaturated/α-hetero) is 2. The van der Waals surface area contributed by atoms with Crippen LogP contribution in [-0.2, 0) is 9.59 Å². The molecule has 1 heterocycles. The minimum absolute atomic E-state index is 0.268. The van der Waals surface area contributed by atoms with Gasteiger partial charge in [0.15, 0.2) is 5.78 Å². The van der Waals surface area contributed by atoms with Gasteiger partial charge in [-0.05, 0) is 11.8 Å². The molecule has 0 aromatic rings. The van der Waals surface area contributed by atoms with E-state index in [1.807, 2.05) is 0 Å². The quantitative estimate of drug-likeness (QED) is 0.752. The molecule has 0 bridgehead atoms. The first kappa shape index (κ1) is 16.5. The van der Waals surface area contributed by atoms with Crippen molar-refractivity contribution < 1.29 is 32.7 Å². The van der Waals surface area contributed by atoms with Gasteiger partial charge in [-0.3, -0.25) is 14.5 Å². The number of likely N-dealkylation sites (tertiary alicyclic amines) is 1. The predicted molar refractivity (Wildman–Crippen MR) is 62.1 cm³/mol. The molecule has 114 valence electrons. The average Bonchev–Trinajstić information content (AvgIpc) is 2.24. The number of amides is 1. The fourth-order valence-corrected chi connectivity index (χ4v) is 2.44. The molecule has 0 spiro atoms. The summed E-state index contributed by atoms with van der Waals surface area (Å²) in [7, 11) is 0. The van der Waals surface area contributed by atoms with Crippen LogP contribution in [0.25, 0.3) is 0 Å². The number of halogens is 3. The Balaban J connectivity index is 3.13. The molecule has 5 nitrogen and oxygen atoms in total. The van der Waals surface area contributed by atoms with Crippen molar-refractivity contribution in [2.24, 2.45) is 11.3 Å². The second-order valence-corrected chi connectivity index (χ2v) is 5.85. The van der Waals surface area contributed by atoms with Crippen LogP contribution in [0.2, 0.25) is 0 Å². The van der Waals surface area contributed by atoms with E-state index in [2.05, 4.69) is 0 Å². The predicted octanol–water partition coefficient (Wildman–Crippen LogP) is 2.10. The highest BCUT2D eigenvalue weighted by Crippen LogP contribution is 2.35. The van der Waals surface area contributed by atoms with Crippen molar-refractivity contribution in [3.05, 3.63) is 0 Å². The van der Waals surface area contributed by atoms with Gasteiger partial charge in [0.1, 0.15) is 0 Å². The van der Waals surface area contributed by atoms with Crippen LogP contribution in [0, 0.1) is 11.3 Å². The molecule has 1 aliphatic rings. The maximum Gasteiger partial charge on any atom is 0.450 e. The number of carbonyl (C=O) groups excluding carboxylic acids is 2. The van der Waals surface area contributed by atoms with Gasteiger partial charge < -0.3 is 5.11 Å². The summed E-state index contributed by atoms with van der Waals surface area (Å²) in [6.45, 7) is 4.37. The lowest BCUT2D eigenvalue weighted by Gasteiger charge is -2.42. The third-order valence-electron chi connectivity index (χ3n) is 3.25. The van der Waals surface area contributed by atoms with Gasteiger partial charge in [-0.1, -0.05) is 20.8 Å². The van der Waals surface area contributed by atoms with E-state index in [-0.39, 0.29) is 6.54 Å². The molecule has 0 saturated carbocycles. The molecular weight excluding hydrogens is 279 g/mol. The molecule has 1 fully saturated rings. The van der Waals surface area contributed by atoms with Gasteiger partial charge in [0.05, 0.1) is 12.0 Å². The van der Waals surface area contributed by atoms with Gasteiger partial charge in [-0.2, -0.15) is 13.2 Å². The van der Waals surface area contributed by atoms with Crippen LogP contribution in [0.15, 0.2) is 0 Å². The van der Waals surface area contributed by atoms with Gasteiger partial charge in [0.25, 0.3) is 0 Å². The van der Waals surface area contributed by atoms with Gasteiger partial charge in [0, 0.05) is 6.54 Å². The zero-order chi connectivity index (χ0) is 15.9. The second-order valence-electron chi connectivity index (χ2n) is 5.85. The van der Waals surface area contributed by atoms with Gasteiger partial charge in [-0.15, -0.1) is 0 Å². The molecule has 1 rings (SSSR count). The summed E-state index contributed by atoms with van der Waals surface area (Å²) in [6, 6.07) is -1.26. The maximum absolute atomic E-state index is 12.5. The van der Waals surface area contributed by atoms with E-state index in [1.165, 1.54) is 0 Å². The van der Waals surface area contributed by atoms with Gasteiger partial charge in [-0.25, -0.2) is 4.79 Å². The van der Waals surface area contributed by atoms with Crippen LogP contribution in [-0.4, -0.2) is 46.4 Å². The first-order valence-electron chi connectivity index (χ1n) is 6.01. The van der Waals surface area contributed by atoms with E-state index in [4.69, 9.17) is 5.11 Å². The number of ketones is 2. The molecule has 0 aliphatic carbocycles. The Bertz CT molecular complexity index is 439. The van der Waals surface area contributed by atoms with Crippen molar-refractivity contribution in [1.29, 1.82) is 0 Å². The van der Waals surface area contributed by atoms with Crippen LogP contribution in [0.1, 0.15) is 27.2 Å². The minimum Gasteiger partial charge on any atom is -0.465 e. The average molecular weight is 295 g/mol. The van der Waals surface area contributed by atoms with E-state index in [0.717, 1.165) is 4.90 Å². The van der Waals surface area contributed by atoms with Crippen LogP contribution in [0.3, 0.4) is 0 Å². The summed E-state index contributed by atoms with van der Waals surface area (Å²) in [4.78, 5) is 35.3. The number of rotatable bonds is 1. The van der Waals surface area contributed by atoms with Crippen molar-refractivity contribution in [3.8, 4) is 0 Å². The third kappa shape index (κ3) is 3.10. The Kier molecular flexibility index (Phi) is 4.17. The third-order valence-corrected chi connectivity index (χ3v) is 3.25. The molecule has 1 amide bonds. The molecule has 8 heteroatoms. The monoisotopic (exact) mass is 295 g/mol. The lowest BCUT2D eigenvalue weighted by Crippen LogP contribution is -2.59. The van der Waals surface area contributed by atoms with E-state index in [9.17, 15) is 27.6 Å². The summed E-state index contributed by atoms with van der Waals surface area (Å²) in [5, 5.41) is 9.04. The number of carbonyl (C=O) groups is 3. The van der Waals surface area contributed by atoms with Crippen LogP contribution < -0.4 is 0 Å². The fourth-order valence-electron chi connectivity index (χ4n) is 2.44. The van der Waals surface area contributed by atoms with Crippen molar-refractivity contribution in [1.82, 2.24) is 4.90 Å². The summed E-state index contributed by atoms with van der Waals surface area (Å²) < 4.78 is 37.4. The Labute approximate surface area is 113 Å². The van der Waals surface area contributed by atoms with Crippen molar-refractivity contribution in [2.75, 3.05) is 6.54 Å². The summed E-state index contributed by atoms with van der Waals surface area (Å²) in [5.41, 5.74) is -0.889. The highest BCUT2D eigenvalue weighted by atomic mass is 19.4. The number of alkyl halides is 3. The fraction of sp³-hybridized carbons (Fsp3) is 0.750. The summed E-state index contributed by atoms with van der Waals surface area (Å²) in [6.07, 6.45) is -6.90. The topological polar surface area (TPSA) is 74.7 Å². The SMILES string of the molecule is CC(C)(C)C1C(=O)C(C(=O)C(F)(F)F)CCN1C(=O)O. The number of hydrogen-bond acceptors (Lipinski definition) is 3. The Morgan fingerprint density at radius 2 is 1.75 bits per heavy atom. The van der Waals surface area contributed by atoms with Crippen molar-refractivity contribution in [2.45, 2.75) is 39.4 Å². The first-order chi connectivity index (χ1) is 8.87. The molecule has 2 unspecified atom stereocenters. The highest BCUT2D eigenvalue weighted by Gasteiger charge is 2.53. The normalized spacial score (nSPS) is 24.7. The zero-order valence-electron chi connectivity index (χ0n) is 11.3. The first-order valence-corrected chi connectivity index (χ1v) is 6.01. The van der Waals surface area contributed by atoms with Crippen LogP contribution in [0.4, 0.5) is 18.0 Å². The van der Waals surface area contributed by atoms with Crippen LogP contribution in [0.5, 0.6) is 0 Å². The smallest absolute Gasteiger partial charge is 0.450 e. The Hall–Kier alpha value is -1.60. The minimum atomic E-state index is -5.09. The molecule has 1 aliphatic heterocycles. The molecule has 0 radical (unpaired) electrons. The lowest BCUT2D eigenvalue weighted by molar-refractivity contribution is -0.179. The van der Waals surface area contributed by atoms with Gasteiger partial charge >= 0.3 is 12.3 Å². The van der Waals surface area contributed by atoms with E-state index < -0.39 is 47.6 Å². The lowest BCUT2D eigenvalue weighted by atomic mass is 9.75. The standard InChI is InChI=1S/C12H16F3NO4/c1-11(2,3)8-7(17)6(9(18)12(13,14)15)4-5-16(8)10(19)20/h6,8H,4-5H2,1-3H3,(H,19,20). The molecular formula is C12H16F3NO4. The maximum atomic E-state index is 12.5. The highest BCUT2D eigenvalue weighted by molar-refractivity contribution is 6.08. The molecule has 0 aromatic heterocycles. The van der Waals surface area contributed by atoms with E-state index >= 15 is 0 Å².